The van der Waals surface area contributed by atoms with Crippen molar-refractivity contribution in [1.29, 1.82) is 5.41 Å². The summed E-state index contributed by atoms with van der Waals surface area (Å²) < 4.78 is 4.79. The minimum absolute atomic E-state index is 0.0278. The van der Waals surface area contributed by atoms with Crippen LogP contribution in [0.3, 0.4) is 0 Å². The molecule has 0 bridgehead atoms. The number of amidine groups is 1. The van der Waals surface area contributed by atoms with Crippen LogP contribution >= 0.6 is 0 Å². The van der Waals surface area contributed by atoms with E-state index in [9.17, 15) is 4.79 Å². The van der Waals surface area contributed by atoms with Gasteiger partial charge < -0.3 is 15.4 Å². The zero-order chi connectivity index (χ0) is 11.3. The lowest BCUT2D eigenvalue weighted by atomic mass is 10.3. The fourth-order valence-corrected chi connectivity index (χ4v) is 1.61. The molecule has 6 nitrogen and oxygen atoms in total. The van der Waals surface area contributed by atoms with Gasteiger partial charge in [0.05, 0.1) is 6.54 Å². The predicted molar refractivity (Wildman–Crippen MR) is 56.8 cm³/mol. The van der Waals surface area contributed by atoms with Crippen molar-refractivity contribution in [2.45, 2.75) is 0 Å². The minimum atomic E-state index is 0.0278. The van der Waals surface area contributed by atoms with E-state index in [-0.39, 0.29) is 18.3 Å². The van der Waals surface area contributed by atoms with Crippen LogP contribution in [0.15, 0.2) is 0 Å². The Hall–Kier alpha value is -1.14. The number of carbonyl (C=O) groups is 1. The van der Waals surface area contributed by atoms with Crippen LogP contribution in [0.1, 0.15) is 0 Å². The number of nitrogens with one attached hydrogen (secondary N) is 1. The van der Waals surface area contributed by atoms with Crippen LogP contribution in [0, 0.1) is 5.41 Å². The number of piperazine rings is 1. The number of nitrogens with two attached hydrogens (primary N) is 1. The lowest BCUT2D eigenvalue weighted by Gasteiger charge is -2.34. The van der Waals surface area contributed by atoms with E-state index < -0.39 is 0 Å². The van der Waals surface area contributed by atoms with Gasteiger partial charge in [0.15, 0.2) is 0 Å². The molecule has 0 aliphatic carbocycles. The summed E-state index contributed by atoms with van der Waals surface area (Å²) in [6.07, 6.45) is 0. The Balaban J connectivity index is 2.29. The third-order valence-corrected chi connectivity index (χ3v) is 2.39. The van der Waals surface area contributed by atoms with Crippen LogP contribution in [0.5, 0.6) is 0 Å². The van der Waals surface area contributed by atoms with E-state index in [4.69, 9.17) is 15.9 Å². The first-order valence-corrected chi connectivity index (χ1v) is 4.95. The molecule has 1 aliphatic heterocycles. The van der Waals surface area contributed by atoms with Crippen LogP contribution < -0.4 is 5.73 Å². The van der Waals surface area contributed by atoms with Crippen molar-refractivity contribution >= 4 is 11.7 Å². The summed E-state index contributed by atoms with van der Waals surface area (Å²) in [6.45, 7) is 3.56. The molecule has 15 heavy (non-hydrogen) atoms. The highest BCUT2D eigenvalue weighted by atomic mass is 16.5. The Labute approximate surface area is 89.5 Å². The minimum Gasteiger partial charge on any atom is -0.387 e. The van der Waals surface area contributed by atoms with Crippen LogP contribution in [-0.2, 0) is 9.53 Å². The zero-order valence-corrected chi connectivity index (χ0v) is 9.03. The first kappa shape index (κ1) is 11.9. The van der Waals surface area contributed by atoms with E-state index in [2.05, 4.69) is 4.90 Å². The number of methoxy groups -OCH3 is 1. The first-order chi connectivity index (χ1) is 7.13. The molecule has 1 heterocycles. The van der Waals surface area contributed by atoms with Gasteiger partial charge in [-0.15, -0.1) is 0 Å². The number of nitrogens with zero attached hydrogens (tertiary/aromatic N) is 2. The molecule has 1 aliphatic rings. The highest BCUT2D eigenvalue weighted by Gasteiger charge is 2.20. The Morgan fingerprint density at radius 1 is 1.40 bits per heavy atom. The van der Waals surface area contributed by atoms with E-state index in [0.717, 1.165) is 13.1 Å². The second-order valence-corrected chi connectivity index (χ2v) is 3.62. The largest absolute Gasteiger partial charge is 0.387 e. The Morgan fingerprint density at radius 2 is 2.00 bits per heavy atom. The molecule has 0 saturated carbocycles. The normalized spacial score (nSPS) is 17.8. The molecule has 3 N–H and O–H groups in total. The number of rotatable bonds is 4. The summed E-state index contributed by atoms with van der Waals surface area (Å²) in [5, 5.41) is 7.17. The molecule has 0 aromatic heterocycles. The third-order valence-electron chi connectivity index (χ3n) is 2.39. The molecule has 0 spiro atoms. The van der Waals surface area contributed by atoms with E-state index in [0.29, 0.717) is 19.6 Å². The number of hydrogen-bond donors (Lipinski definition) is 2. The van der Waals surface area contributed by atoms with Gasteiger partial charge in [0, 0.05) is 33.3 Å². The zero-order valence-electron chi connectivity index (χ0n) is 9.03. The lowest BCUT2D eigenvalue weighted by molar-refractivity contribution is -0.136. The number of hydrogen-bond acceptors (Lipinski definition) is 4. The van der Waals surface area contributed by atoms with Crippen molar-refractivity contribution in [2.75, 3.05) is 46.4 Å². The topological polar surface area (TPSA) is 82.7 Å². The van der Waals surface area contributed by atoms with Gasteiger partial charge in [-0.25, -0.2) is 0 Å². The summed E-state index contributed by atoms with van der Waals surface area (Å²) in [7, 11) is 1.52. The van der Waals surface area contributed by atoms with Crippen molar-refractivity contribution in [3.05, 3.63) is 0 Å². The average molecular weight is 214 g/mol. The summed E-state index contributed by atoms with van der Waals surface area (Å²) in [4.78, 5) is 15.3. The Kier molecular flexibility index (Phi) is 4.51. The molecular weight excluding hydrogens is 196 g/mol. The SMILES string of the molecule is COCC(=O)N1CCN(CC(=N)N)CC1. The molecule has 0 aromatic carbocycles. The molecule has 1 fully saturated rings. The Morgan fingerprint density at radius 3 is 2.47 bits per heavy atom. The average Bonchev–Trinajstić information content (AvgIpc) is 2.18. The van der Waals surface area contributed by atoms with E-state index in [1.165, 1.54) is 7.11 Å². The molecule has 1 saturated heterocycles. The van der Waals surface area contributed by atoms with E-state index in [1.807, 2.05) is 0 Å². The van der Waals surface area contributed by atoms with Crippen LogP contribution in [0.2, 0.25) is 0 Å². The van der Waals surface area contributed by atoms with Gasteiger partial charge in [-0.1, -0.05) is 0 Å². The molecule has 86 valence electrons. The standard InChI is InChI=1S/C9H18N4O2/c1-15-7-9(14)13-4-2-12(3-5-13)6-8(10)11/h2-7H2,1H3,(H3,10,11). The first-order valence-electron chi connectivity index (χ1n) is 4.95. The quantitative estimate of drug-likeness (QED) is 0.451. The maximum Gasteiger partial charge on any atom is 0.248 e. The van der Waals surface area contributed by atoms with Gasteiger partial charge in [-0.3, -0.25) is 15.1 Å². The maximum atomic E-state index is 11.4. The highest BCUT2D eigenvalue weighted by Crippen LogP contribution is 2.01. The van der Waals surface area contributed by atoms with Crippen molar-refractivity contribution in [3.63, 3.8) is 0 Å². The number of amides is 1. The van der Waals surface area contributed by atoms with Gasteiger partial charge in [0.2, 0.25) is 5.91 Å². The third kappa shape index (κ3) is 3.85. The van der Waals surface area contributed by atoms with E-state index in [1.54, 1.807) is 4.90 Å². The summed E-state index contributed by atoms with van der Waals surface area (Å²) in [5.41, 5.74) is 5.31. The predicted octanol–water partition coefficient (Wildman–Crippen LogP) is -1.29. The molecular formula is C9H18N4O2. The molecule has 1 amide bonds. The van der Waals surface area contributed by atoms with Crippen molar-refractivity contribution in [1.82, 2.24) is 9.80 Å². The monoisotopic (exact) mass is 214 g/mol. The van der Waals surface area contributed by atoms with Crippen LogP contribution in [0.25, 0.3) is 0 Å². The molecule has 0 radical (unpaired) electrons. The summed E-state index contributed by atoms with van der Waals surface area (Å²) >= 11 is 0. The van der Waals surface area contributed by atoms with Crippen LogP contribution in [-0.4, -0.2) is 68.0 Å². The van der Waals surface area contributed by atoms with Gasteiger partial charge in [-0.05, 0) is 0 Å². The fourth-order valence-electron chi connectivity index (χ4n) is 1.61. The summed E-state index contributed by atoms with van der Waals surface area (Å²) in [5.74, 6) is 0.201. The van der Waals surface area contributed by atoms with Crippen molar-refractivity contribution in [3.8, 4) is 0 Å². The van der Waals surface area contributed by atoms with Gasteiger partial charge in [0.1, 0.15) is 12.4 Å². The number of ether oxygens (including phenoxy) is 1. The molecule has 0 atom stereocenters. The molecule has 0 aromatic rings. The second kappa shape index (κ2) is 5.67. The molecule has 1 rings (SSSR count). The second-order valence-electron chi connectivity index (χ2n) is 3.62. The number of carbonyl (C=O) groups excluding carboxylic acids is 1. The highest BCUT2D eigenvalue weighted by molar-refractivity contribution is 5.79. The summed E-state index contributed by atoms with van der Waals surface area (Å²) in [6, 6.07) is 0. The van der Waals surface area contributed by atoms with Gasteiger partial charge in [0.25, 0.3) is 0 Å². The van der Waals surface area contributed by atoms with Crippen molar-refractivity contribution in [2.24, 2.45) is 5.73 Å². The Bertz CT molecular complexity index is 236. The smallest absolute Gasteiger partial charge is 0.248 e. The maximum absolute atomic E-state index is 11.4. The van der Waals surface area contributed by atoms with Crippen LogP contribution in [0.4, 0.5) is 0 Å². The molecule has 0 unspecified atom stereocenters. The fraction of sp³-hybridized carbons (Fsp3) is 0.778. The van der Waals surface area contributed by atoms with Crippen molar-refractivity contribution < 1.29 is 9.53 Å². The lowest BCUT2D eigenvalue weighted by Crippen LogP contribution is -2.51. The van der Waals surface area contributed by atoms with E-state index >= 15 is 0 Å². The van der Waals surface area contributed by atoms with Gasteiger partial charge in [-0.2, -0.15) is 0 Å². The van der Waals surface area contributed by atoms with Gasteiger partial charge >= 0.3 is 0 Å². The molecule has 6 heteroatoms.